The third kappa shape index (κ3) is 2.78. The van der Waals surface area contributed by atoms with Gasteiger partial charge in [-0.05, 0) is 54.0 Å². The highest BCUT2D eigenvalue weighted by Crippen LogP contribution is 2.51. The molecule has 6 rings (SSSR count). The predicted octanol–water partition coefficient (Wildman–Crippen LogP) is 4.19. The molecular formula is C25H28FN3O. The maximum atomic E-state index is 13.7. The van der Waals surface area contributed by atoms with E-state index in [1.54, 1.807) is 12.1 Å². The van der Waals surface area contributed by atoms with Crippen molar-refractivity contribution in [1.29, 1.82) is 0 Å². The zero-order valence-corrected chi connectivity index (χ0v) is 17.1. The molecular weight excluding hydrogens is 377 g/mol. The summed E-state index contributed by atoms with van der Waals surface area (Å²) in [4.78, 5) is 7.51. The van der Waals surface area contributed by atoms with Crippen molar-refractivity contribution >= 4 is 6.02 Å². The van der Waals surface area contributed by atoms with Gasteiger partial charge in [-0.2, -0.15) is 0 Å². The molecule has 1 unspecified atom stereocenters. The largest absolute Gasteiger partial charge is 0.456 e. The van der Waals surface area contributed by atoms with Crippen LogP contribution >= 0.6 is 0 Å². The Hall–Kier alpha value is -2.40. The molecule has 0 saturated heterocycles. The maximum Gasteiger partial charge on any atom is 0.289 e. The van der Waals surface area contributed by atoms with Crippen LogP contribution in [-0.2, 0) is 11.2 Å². The molecule has 0 aromatic heterocycles. The Morgan fingerprint density at radius 3 is 2.53 bits per heavy atom. The lowest BCUT2D eigenvalue weighted by molar-refractivity contribution is -0.0636. The summed E-state index contributed by atoms with van der Waals surface area (Å²) in [6.45, 7) is 0.845. The first-order chi connectivity index (χ1) is 14.6. The number of nitrogens with two attached hydrogens (primary N) is 1. The van der Waals surface area contributed by atoms with Gasteiger partial charge < -0.3 is 15.4 Å². The van der Waals surface area contributed by atoms with Crippen LogP contribution in [0.1, 0.15) is 54.8 Å². The molecule has 2 heterocycles. The SMILES string of the molecule is N[C@H]1C[C@]2(C1)OC(N1CCc3ccccc3[C@@H]1c1ccc(F)cc1)=NC2C1CCC1. The van der Waals surface area contributed by atoms with Gasteiger partial charge in [-0.25, -0.2) is 9.38 Å². The van der Waals surface area contributed by atoms with Gasteiger partial charge in [0.15, 0.2) is 0 Å². The summed E-state index contributed by atoms with van der Waals surface area (Å²) in [5, 5.41) is 0. The highest BCUT2D eigenvalue weighted by atomic mass is 19.1. The van der Waals surface area contributed by atoms with Gasteiger partial charge in [0.2, 0.25) is 0 Å². The number of benzene rings is 2. The Labute approximate surface area is 176 Å². The Balaban J connectivity index is 1.39. The molecule has 2 aliphatic carbocycles. The Kier molecular flexibility index (Phi) is 4.17. The number of ether oxygens (including phenoxy) is 1. The molecule has 30 heavy (non-hydrogen) atoms. The van der Waals surface area contributed by atoms with E-state index in [1.807, 2.05) is 12.1 Å². The van der Waals surface area contributed by atoms with Gasteiger partial charge in [-0.15, -0.1) is 0 Å². The van der Waals surface area contributed by atoms with Crippen molar-refractivity contribution in [2.24, 2.45) is 16.6 Å². The van der Waals surface area contributed by atoms with Gasteiger partial charge in [0.25, 0.3) is 6.02 Å². The van der Waals surface area contributed by atoms with Crippen LogP contribution in [0.3, 0.4) is 0 Å². The number of rotatable bonds is 2. The summed E-state index contributed by atoms with van der Waals surface area (Å²) in [5.41, 5.74) is 9.66. The van der Waals surface area contributed by atoms with Crippen molar-refractivity contribution in [3.63, 3.8) is 0 Å². The van der Waals surface area contributed by atoms with E-state index >= 15 is 0 Å². The van der Waals surface area contributed by atoms with Gasteiger partial charge in [0.05, 0.1) is 12.1 Å². The molecule has 2 fully saturated rings. The van der Waals surface area contributed by atoms with E-state index in [9.17, 15) is 4.39 Å². The lowest BCUT2D eigenvalue weighted by atomic mass is 9.64. The summed E-state index contributed by atoms with van der Waals surface area (Å²) in [7, 11) is 0. The second-order valence-corrected chi connectivity index (χ2v) is 9.48. The quantitative estimate of drug-likeness (QED) is 0.815. The average molecular weight is 406 g/mol. The molecule has 1 spiro atoms. The Bertz CT molecular complexity index is 978. The standard InChI is InChI=1S/C25H28FN3O/c26-19-10-8-17(9-11-19)22-21-7-2-1-4-16(21)12-13-29(22)24-28-23(18-5-3-6-18)25(30-24)14-20(27)15-25/h1-2,4,7-11,18,20,22-23H,3,5-6,12-15,27H2/t20-,22-,23?,25+/m0/s1. The van der Waals surface area contributed by atoms with Crippen LogP contribution in [0, 0.1) is 11.7 Å². The van der Waals surface area contributed by atoms with Crippen molar-refractivity contribution in [3.05, 3.63) is 71.0 Å². The topological polar surface area (TPSA) is 50.9 Å². The first kappa shape index (κ1) is 18.4. The van der Waals surface area contributed by atoms with Gasteiger partial charge in [0.1, 0.15) is 11.4 Å². The van der Waals surface area contributed by atoms with E-state index in [1.165, 1.54) is 30.4 Å². The fourth-order valence-corrected chi connectivity index (χ4v) is 5.86. The molecule has 0 bridgehead atoms. The van der Waals surface area contributed by atoms with E-state index in [0.717, 1.165) is 37.4 Å². The van der Waals surface area contributed by atoms with Gasteiger partial charge in [0, 0.05) is 25.4 Å². The molecule has 5 heteroatoms. The smallest absolute Gasteiger partial charge is 0.289 e. The average Bonchev–Trinajstić information content (AvgIpc) is 3.06. The molecule has 2 aromatic carbocycles. The van der Waals surface area contributed by atoms with Crippen LogP contribution in [-0.4, -0.2) is 35.2 Å². The number of halogens is 1. The molecule has 4 nitrogen and oxygen atoms in total. The summed E-state index contributed by atoms with van der Waals surface area (Å²) in [5.74, 6) is 0.410. The van der Waals surface area contributed by atoms with Crippen LogP contribution in [0.15, 0.2) is 53.5 Å². The first-order valence-electron chi connectivity index (χ1n) is 11.3. The van der Waals surface area contributed by atoms with E-state index in [-0.39, 0.29) is 29.5 Å². The normalized spacial score (nSPS) is 32.8. The van der Waals surface area contributed by atoms with Crippen LogP contribution in [0.4, 0.5) is 4.39 Å². The molecule has 156 valence electrons. The molecule has 2 N–H and O–H groups in total. The molecule has 2 aromatic rings. The van der Waals surface area contributed by atoms with Crippen molar-refractivity contribution in [1.82, 2.24) is 4.90 Å². The van der Waals surface area contributed by atoms with Crippen LogP contribution in [0.25, 0.3) is 0 Å². The number of aliphatic imine (C=N–C) groups is 1. The van der Waals surface area contributed by atoms with E-state index in [4.69, 9.17) is 15.5 Å². The summed E-state index contributed by atoms with van der Waals surface area (Å²) < 4.78 is 20.3. The fourth-order valence-electron chi connectivity index (χ4n) is 5.86. The van der Waals surface area contributed by atoms with Gasteiger partial charge in [-0.3, -0.25) is 0 Å². The first-order valence-corrected chi connectivity index (χ1v) is 11.3. The number of nitrogens with zero attached hydrogens (tertiary/aromatic N) is 2. The highest BCUT2D eigenvalue weighted by Gasteiger charge is 2.59. The number of fused-ring (bicyclic) bond motifs is 1. The van der Waals surface area contributed by atoms with Crippen LogP contribution < -0.4 is 5.73 Å². The summed E-state index contributed by atoms with van der Waals surface area (Å²) in [6.07, 6.45) is 6.53. The third-order valence-electron chi connectivity index (χ3n) is 7.61. The molecule has 2 atom stereocenters. The number of hydrogen-bond donors (Lipinski definition) is 1. The van der Waals surface area contributed by atoms with E-state index in [0.29, 0.717) is 5.92 Å². The number of amidine groups is 1. The lowest BCUT2D eigenvalue weighted by Crippen LogP contribution is -2.60. The minimum absolute atomic E-state index is 0.0137. The molecule has 2 aliphatic heterocycles. The lowest BCUT2D eigenvalue weighted by Gasteiger charge is -2.49. The zero-order valence-electron chi connectivity index (χ0n) is 17.1. The summed E-state index contributed by atoms with van der Waals surface area (Å²) in [6, 6.07) is 16.6. The van der Waals surface area contributed by atoms with E-state index in [2.05, 4.69) is 29.2 Å². The monoisotopic (exact) mass is 405 g/mol. The second kappa shape index (κ2) is 6.81. The zero-order chi connectivity index (χ0) is 20.3. The minimum atomic E-state index is -0.212. The number of hydrogen-bond acceptors (Lipinski definition) is 4. The molecule has 0 radical (unpaired) electrons. The van der Waals surface area contributed by atoms with Crippen molar-refractivity contribution in [2.45, 2.75) is 62.3 Å². The van der Waals surface area contributed by atoms with Crippen LogP contribution in [0.2, 0.25) is 0 Å². The van der Waals surface area contributed by atoms with E-state index < -0.39 is 0 Å². The Morgan fingerprint density at radius 1 is 1.07 bits per heavy atom. The predicted molar refractivity (Wildman–Crippen MR) is 115 cm³/mol. The fraction of sp³-hybridized carbons (Fsp3) is 0.480. The molecule has 0 amide bonds. The summed E-state index contributed by atoms with van der Waals surface area (Å²) >= 11 is 0. The van der Waals surface area contributed by atoms with Crippen molar-refractivity contribution < 1.29 is 9.13 Å². The van der Waals surface area contributed by atoms with Gasteiger partial charge >= 0.3 is 0 Å². The highest BCUT2D eigenvalue weighted by molar-refractivity contribution is 5.78. The molecule has 4 aliphatic rings. The minimum Gasteiger partial charge on any atom is -0.456 e. The third-order valence-corrected chi connectivity index (χ3v) is 7.61. The van der Waals surface area contributed by atoms with Crippen molar-refractivity contribution in [2.75, 3.05) is 6.54 Å². The maximum absolute atomic E-state index is 13.7. The second-order valence-electron chi connectivity index (χ2n) is 9.48. The Morgan fingerprint density at radius 2 is 1.83 bits per heavy atom. The van der Waals surface area contributed by atoms with Gasteiger partial charge in [-0.1, -0.05) is 42.8 Å². The molecule has 2 saturated carbocycles. The van der Waals surface area contributed by atoms with Crippen LogP contribution in [0.5, 0.6) is 0 Å². The van der Waals surface area contributed by atoms with Crippen molar-refractivity contribution in [3.8, 4) is 0 Å².